The topological polar surface area (TPSA) is 0 Å². The average Bonchev–Trinajstić information content (AvgIpc) is 2.25. The lowest BCUT2D eigenvalue weighted by molar-refractivity contribution is 0.928. The van der Waals surface area contributed by atoms with Gasteiger partial charge in [0.15, 0.2) is 0 Å². The molecular weight excluding hydrogens is 192 g/mol. The molecule has 0 bridgehead atoms. The number of hydrogen-bond acceptors (Lipinski definition) is 0. The van der Waals surface area contributed by atoms with E-state index in [9.17, 15) is 0 Å². The molecule has 14 heavy (non-hydrogen) atoms. The van der Waals surface area contributed by atoms with E-state index >= 15 is 0 Å². The van der Waals surface area contributed by atoms with Gasteiger partial charge in [-0.15, -0.1) is 11.6 Å². The van der Waals surface area contributed by atoms with Crippen LogP contribution in [0, 0.1) is 0 Å². The maximum absolute atomic E-state index is 5.65. The Labute approximate surface area is 90.9 Å². The van der Waals surface area contributed by atoms with Gasteiger partial charge in [0.05, 0.1) is 0 Å². The fourth-order valence-corrected chi connectivity index (χ4v) is 1.55. The van der Waals surface area contributed by atoms with Gasteiger partial charge in [0, 0.05) is 5.88 Å². The maximum atomic E-state index is 5.65. The van der Waals surface area contributed by atoms with Crippen molar-refractivity contribution < 1.29 is 0 Å². The number of alkyl halides is 1. The summed E-state index contributed by atoms with van der Waals surface area (Å²) in [6, 6.07) is 6.35. The molecule has 0 spiro atoms. The molecule has 0 amide bonds. The Bertz CT molecular complexity index is 326. The average molecular weight is 207 g/mol. The fourth-order valence-electron chi connectivity index (χ4n) is 1.41. The van der Waals surface area contributed by atoms with Crippen LogP contribution >= 0.6 is 11.6 Å². The Kier molecular flexibility index (Phi) is 4.48. The smallest absolute Gasteiger partial charge is 0.0226 e. The van der Waals surface area contributed by atoms with E-state index in [0.717, 1.165) is 24.0 Å². The highest BCUT2D eigenvalue weighted by molar-refractivity contribution is 6.17. The summed E-state index contributed by atoms with van der Waals surface area (Å²) in [4.78, 5) is 0. The summed E-state index contributed by atoms with van der Waals surface area (Å²) < 4.78 is 0. The second-order valence-corrected chi connectivity index (χ2v) is 3.54. The molecule has 1 aromatic carbocycles. The third-order valence-electron chi connectivity index (χ3n) is 2.19. The van der Waals surface area contributed by atoms with Crippen LogP contribution in [0.5, 0.6) is 0 Å². The Morgan fingerprint density at radius 2 is 1.86 bits per heavy atom. The minimum atomic E-state index is 0.715. The summed E-state index contributed by atoms with van der Waals surface area (Å²) in [6.45, 7) is 7.55. The lowest BCUT2D eigenvalue weighted by Crippen LogP contribution is -1.89. The lowest BCUT2D eigenvalue weighted by atomic mass is 10.0. The van der Waals surface area contributed by atoms with Crippen molar-refractivity contribution in [1.29, 1.82) is 0 Å². The third kappa shape index (κ3) is 2.74. The Morgan fingerprint density at radius 1 is 1.14 bits per heavy atom. The summed E-state index contributed by atoms with van der Waals surface area (Å²) in [5.41, 5.74) is 3.59. The molecular formula is C13H15Cl. The molecule has 0 saturated carbocycles. The van der Waals surface area contributed by atoms with Crippen molar-refractivity contribution >= 4 is 23.8 Å². The van der Waals surface area contributed by atoms with Gasteiger partial charge in [0.2, 0.25) is 0 Å². The first-order valence-electron chi connectivity index (χ1n) is 4.75. The molecule has 0 unspecified atom stereocenters. The highest BCUT2D eigenvalue weighted by atomic mass is 35.5. The van der Waals surface area contributed by atoms with E-state index < -0.39 is 0 Å². The molecule has 1 heteroatoms. The predicted octanol–water partition coefficient (Wildman–Crippen LogP) is 4.14. The number of hydrogen-bond donors (Lipinski definition) is 0. The first-order chi connectivity index (χ1) is 6.81. The van der Waals surface area contributed by atoms with Gasteiger partial charge in [0.25, 0.3) is 0 Å². The number of rotatable bonds is 5. The van der Waals surface area contributed by atoms with Gasteiger partial charge in [-0.25, -0.2) is 0 Å². The molecule has 0 saturated heterocycles. The van der Waals surface area contributed by atoms with Crippen LogP contribution in [0.2, 0.25) is 0 Å². The van der Waals surface area contributed by atoms with Crippen LogP contribution in [0.15, 0.2) is 31.4 Å². The molecule has 0 aliphatic carbocycles. The summed E-state index contributed by atoms with van der Waals surface area (Å²) >= 11 is 5.65. The molecule has 0 atom stereocenters. The molecule has 1 aromatic rings. The summed E-state index contributed by atoms with van der Waals surface area (Å²) in [5, 5.41) is 0. The number of benzene rings is 1. The van der Waals surface area contributed by atoms with Crippen molar-refractivity contribution in [3.8, 4) is 0 Å². The van der Waals surface area contributed by atoms with Gasteiger partial charge in [-0.2, -0.15) is 0 Å². The van der Waals surface area contributed by atoms with Crippen LogP contribution in [0.1, 0.15) is 23.1 Å². The van der Waals surface area contributed by atoms with Gasteiger partial charge >= 0.3 is 0 Å². The molecule has 0 aliphatic rings. The van der Waals surface area contributed by atoms with E-state index in [1.165, 1.54) is 5.56 Å². The zero-order chi connectivity index (χ0) is 10.4. The van der Waals surface area contributed by atoms with Crippen molar-refractivity contribution in [1.82, 2.24) is 0 Å². The minimum Gasteiger partial charge on any atom is -0.127 e. The molecule has 0 nitrogen and oxygen atoms in total. The molecule has 0 radical (unpaired) electrons. The van der Waals surface area contributed by atoms with E-state index in [1.807, 2.05) is 12.2 Å². The summed E-state index contributed by atoms with van der Waals surface area (Å²) in [5.74, 6) is 0.715. The van der Waals surface area contributed by atoms with Gasteiger partial charge < -0.3 is 0 Å². The summed E-state index contributed by atoms with van der Waals surface area (Å²) in [6.07, 6.45) is 5.76. The van der Waals surface area contributed by atoms with Crippen molar-refractivity contribution in [2.75, 3.05) is 5.88 Å². The normalized spacial score (nSPS) is 9.79. The SMILES string of the molecule is C=Cc1ccc(CCCCl)cc1C=C. The zero-order valence-electron chi connectivity index (χ0n) is 8.30. The Balaban J connectivity index is 2.89. The highest BCUT2D eigenvalue weighted by Gasteiger charge is 1.98. The van der Waals surface area contributed by atoms with E-state index in [1.54, 1.807) is 0 Å². The molecule has 74 valence electrons. The first-order valence-corrected chi connectivity index (χ1v) is 5.29. The maximum Gasteiger partial charge on any atom is 0.0226 e. The van der Waals surface area contributed by atoms with E-state index in [-0.39, 0.29) is 0 Å². The Hall–Kier alpha value is -1.01. The molecule has 0 aliphatic heterocycles. The first kappa shape index (κ1) is 11.1. The molecule has 0 fully saturated rings. The monoisotopic (exact) mass is 206 g/mol. The lowest BCUT2D eigenvalue weighted by Gasteiger charge is -2.04. The van der Waals surface area contributed by atoms with E-state index in [2.05, 4.69) is 31.4 Å². The molecule has 0 heterocycles. The van der Waals surface area contributed by atoms with Crippen LogP contribution < -0.4 is 0 Å². The quantitative estimate of drug-likeness (QED) is 0.636. The van der Waals surface area contributed by atoms with Crippen molar-refractivity contribution in [3.63, 3.8) is 0 Å². The van der Waals surface area contributed by atoms with Crippen LogP contribution in [-0.4, -0.2) is 5.88 Å². The zero-order valence-corrected chi connectivity index (χ0v) is 9.06. The van der Waals surface area contributed by atoms with E-state index in [4.69, 9.17) is 11.6 Å². The number of aryl methyl sites for hydroxylation is 1. The second-order valence-electron chi connectivity index (χ2n) is 3.16. The van der Waals surface area contributed by atoms with Crippen LogP contribution in [-0.2, 0) is 6.42 Å². The number of halogens is 1. The summed E-state index contributed by atoms with van der Waals surface area (Å²) in [7, 11) is 0. The van der Waals surface area contributed by atoms with Crippen LogP contribution in [0.4, 0.5) is 0 Å². The molecule has 0 N–H and O–H groups in total. The van der Waals surface area contributed by atoms with E-state index in [0.29, 0.717) is 5.88 Å². The standard InChI is InChI=1S/C13H15Cl/c1-3-12-8-7-11(6-5-9-14)10-13(12)4-2/h3-4,7-8,10H,1-2,5-6,9H2. The van der Waals surface area contributed by atoms with Crippen molar-refractivity contribution in [2.24, 2.45) is 0 Å². The van der Waals surface area contributed by atoms with Crippen LogP contribution in [0.25, 0.3) is 12.2 Å². The van der Waals surface area contributed by atoms with Crippen molar-refractivity contribution in [2.45, 2.75) is 12.8 Å². The second kappa shape index (κ2) is 5.66. The van der Waals surface area contributed by atoms with Crippen LogP contribution in [0.3, 0.4) is 0 Å². The van der Waals surface area contributed by atoms with Gasteiger partial charge in [-0.05, 0) is 29.5 Å². The van der Waals surface area contributed by atoms with Crippen molar-refractivity contribution in [3.05, 3.63) is 48.0 Å². The highest BCUT2D eigenvalue weighted by Crippen LogP contribution is 2.15. The van der Waals surface area contributed by atoms with Gasteiger partial charge in [-0.1, -0.05) is 43.5 Å². The molecule has 0 aromatic heterocycles. The fraction of sp³-hybridized carbons (Fsp3) is 0.231. The third-order valence-corrected chi connectivity index (χ3v) is 2.46. The molecule has 1 rings (SSSR count). The van der Waals surface area contributed by atoms with Gasteiger partial charge in [-0.3, -0.25) is 0 Å². The minimum absolute atomic E-state index is 0.715. The van der Waals surface area contributed by atoms with Gasteiger partial charge in [0.1, 0.15) is 0 Å². The predicted molar refractivity (Wildman–Crippen MR) is 65.7 cm³/mol. The Morgan fingerprint density at radius 3 is 2.43 bits per heavy atom. The largest absolute Gasteiger partial charge is 0.127 e.